The Balaban J connectivity index is 1.95. The molecule has 0 aliphatic carbocycles. The van der Waals surface area contributed by atoms with E-state index >= 15 is 0 Å². The lowest BCUT2D eigenvalue weighted by Gasteiger charge is -2.07. The monoisotopic (exact) mass is 340 g/mol. The van der Waals surface area contributed by atoms with Crippen molar-refractivity contribution in [2.45, 2.75) is 26.3 Å². The molecule has 2 aromatic rings. The fraction of sp³-hybridized carbons (Fsp3) is 0.333. The maximum Gasteiger partial charge on any atom is 0.320 e. The summed E-state index contributed by atoms with van der Waals surface area (Å²) in [7, 11) is 0. The number of unbranched alkanes of at least 4 members (excludes halogenated alkanes) is 1. The minimum absolute atomic E-state index is 0.255. The van der Waals surface area contributed by atoms with Gasteiger partial charge in [0.25, 0.3) is 0 Å². The molecule has 7 heteroatoms. The molecule has 0 radical (unpaired) electrons. The molecule has 2 N–H and O–H groups in total. The molecule has 5 nitrogen and oxygen atoms in total. The van der Waals surface area contributed by atoms with E-state index < -0.39 is 0 Å². The zero-order valence-corrected chi connectivity index (χ0v) is 13.8. The Bertz CT molecular complexity index is 622. The van der Waals surface area contributed by atoms with Gasteiger partial charge in [-0.05, 0) is 18.6 Å². The molecule has 0 unspecified atom stereocenters. The largest absolute Gasteiger partial charge is 0.338 e. The van der Waals surface area contributed by atoms with Crippen molar-refractivity contribution in [3.05, 3.63) is 46.1 Å². The fourth-order valence-corrected chi connectivity index (χ4v) is 2.42. The summed E-state index contributed by atoms with van der Waals surface area (Å²) in [6.07, 6.45) is 3.75. The van der Waals surface area contributed by atoms with Crippen LogP contribution in [-0.4, -0.2) is 22.4 Å². The molecule has 0 fully saturated rings. The molecule has 2 amide bonds. The number of nitrogens with zero attached hydrogens (tertiary/aromatic N) is 2. The minimum atomic E-state index is -0.255. The second kappa shape index (κ2) is 8.06. The van der Waals surface area contributed by atoms with Crippen LogP contribution in [0.1, 0.15) is 25.3 Å². The first-order valence-electron chi connectivity index (χ1n) is 7.11. The van der Waals surface area contributed by atoms with Crippen molar-refractivity contribution in [2.24, 2.45) is 0 Å². The first-order chi connectivity index (χ1) is 10.6. The van der Waals surface area contributed by atoms with Crippen molar-refractivity contribution < 1.29 is 4.79 Å². The second-order valence-electron chi connectivity index (χ2n) is 4.83. The van der Waals surface area contributed by atoms with Crippen LogP contribution >= 0.6 is 23.2 Å². The summed E-state index contributed by atoms with van der Waals surface area (Å²) in [5.74, 6) is 0.483. The number of aromatic nitrogens is 2. The van der Waals surface area contributed by atoms with Gasteiger partial charge in [0.1, 0.15) is 0 Å². The highest BCUT2D eigenvalue weighted by Gasteiger charge is 2.08. The van der Waals surface area contributed by atoms with Crippen LogP contribution in [0.25, 0.3) is 0 Å². The summed E-state index contributed by atoms with van der Waals surface area (Å²) in [4.78, 5) is 11.6. The number of anilines is 1. The maximum absolute atomic E-state index is 11.6. The van der Waals surface area contributed by atoms with E-state index in [4.69, 9.17) is 23.2 Å². The number of urea groups is 1. The first-order valence-corrected chi connectivity index (χ1v) is 7.87. The molecule has 0 bridgehead atoms. The van der Waals surface area contributed by atoms with Crippen molar-refractivity contribution in [1.29, 1.82) is 0 Å². The summed E-state index contributed by atoms with van der Waals surface area (Å²) < 4.78 is 1.68. The number of amides is 2. The average Bonchev–Trinajstić information content (AvgIpc) is 2.90. The average molecular weight is 341 g/mol. The van der Waals surface area contributed by atoms with E-state index in [1.165, 1.54) is 0 Å². The third-order valence-electron chi connectivity index (χ3n) is 3.08. The molecule has 1 aromatic heterocycles. The number of carbonyl (C=O) groups excluding carboxylic acids is 1. The molecule has 0 saturated heterocycles. The summed E-state index contributed by atoms with van der Waals surface area (Å²) in [6.45, 7) is 3.16. The molecule has 1 heterocycles. The number of hydrogen-bond acceptors (Lipinski definition) is 2. The van der Waals surface area contributed by atoms with Crippen LogP contribution in [-0.2, 0) is 6.54 Å². The summed E-state index contributed by atoms with van der Waals surface area (Å²) in [6, 6.07) is 6.84. The number of hydrogen-bond donors (Lipinski definition) is 2. The van der Waals surface area contributed by atoms with Crippen LogP contribution in [0.2, 0.25) is 10.0 Å². The number of rotatable bonds is 6. The highest BCUT2D eigenvalue weighted by molar-refractivity contribution is 6.35. The third-order valence-corrected chi connectivity index (χ3v) is 3.79. The molecule has 0 aliphatic rings. The van der Waals surface area contributed by atoms with Crippen molar-refractivity contribution in [3.8, 4) is 0 Å². The molecule has 118 valence electrons. The van der Waals surface area contributed by atoms with Gasteiger partial charge in [0.2, 0.25) is 0 Å². The quantitative estimate of drug-likeness (QED) is 0.775. The normalized spacial score (nSPS) is 10.5. The van der Waals surface area contributed by atoms with E-state index in [1.54, 1.807) is 35.1 Å². The van der Waals surface area contributed by atoms with Crippen molar-refractivity contribution in [3.63, 3.8) is 0 Å². The second-order valence-corrected chi connectivity index (χ2v) is 5.65. The van der Waals surface area contributed by atoms with Crippen LogP contribution in [0.15, 0.2) is 30.5 Å². The fourth-order valence-electron chi connectivity index (χ4n) is 1.90. The Kier molecular flexibility index (Phi) is 6.10. The molecular formula is C15H18Cl2N4O. The SMILES string of the molecule is CCCCNC(=O)Nc1ccn(Cc2c(Cl)cccc2Cl)n1. The first kappa shape index (κ1) is 16.6. The van der Waals surface area contributed by atoms with Gasteiger partial charge in [-0.25, -0.2) is 4.79 Å². The van der Waals surface area contributed by atoms with Gasteiger partial charge in [-0.3, -0.25) is 10.00 Å². The van der Waals surface area contributed by atoms with Crippen LogP contribution < -0.4 is 10.6 Å². The van der Waals surface area contributed by atoms with E-state index in [9.17, 15) is 4.79 Å². The van der Waals surface area contributed by atoms with E-state index in [0.717, 1.165) is 18.4 Å². The van der Waals surface area contributed by atoms with Gasteiger partial charge < -0.3 is 5.32 Å². The molecule has 22 heavy (non-hydrogen) atoms. The molecule has 0 spiro atoms. The molecule has 0 aliphatic heterocycles. The number of benzene rings is 1. The van der Waals surface area contributed by atoms with Crippen LogP contribution in [0.5, 0.6) is 0 Å². The lowest BCUT2D eigenvalue weighted by atomic mass is 10.2. The molecule has 2 rings (SSSR count). The Morgan fingerprint density at radius 3 is 2.68 bits per heavy atom. The van der Waals surface area contributed by atoms with E-state index in [0.29, 0.717) is 29.0 Å². The van der Waals surface area contributed by atoms with Gasteiger partial charge in [-0.1, -0.05) is 42.6 Å². The summed E-state index contributed by atoms with van der Waals surface area (Å²) in [5.41, 5.74) is 0.799. The predicted octanol–water partition coefficient (Wildman–Crippen LogP) is 4.16. The lowest BCUT2D eigenvalue weighted by molar-refractivity contribution is 0.252. The van der Waals surface area contributed by atoms with Gasteiger partial charge in [0.05, 0.1) is 6.54 Å². The van der Waals surface area contributed by atoms with Crippen molar-refractivity contribution in [2.75, 3.05) is 11.9 Å². The number of nitrogens with one attached hydrogen (secondary N) is 2. The molecule has 1 aromatic carbocycles. The molecular weight excluding hydrogens is 323 g/mol. The van der Waals surface area contributed by atoms with Gasteiger partial charge in [0.15, 0.2) is 5.82 Å². The zero-order valence-electron chi connectivity index (χ0n) is 12.3. The Hall–Kier alpha value is -1.72. The Morgan fingerprint density at radius 1 is 1.27 bits per heavy atom. The predicted molar refractivity (Wildman–Crippen MR) is 89.7 cm³/mol. The zero-order chi connectivity index (χ0) is 15.9. The third kappa shape index (κ3) is 4.64. The lowest BCUT2D eigenvalue weighted by Crippen LogP contribution is -2.29. The van der Waals surface area contributed by atoms with Crippen LogP contribution in [0, 0.1) is 0 Å². The van der Waals surface area contributed by atoms with Gasteiger partial charge in [-0.2, -0.15) is 5.10 Å². The molecule has 0 atom stereocenters. The topological polar surface area (TPSA) is 59.0 Å². The summed E-state index contributed by atoms with van der Waals surface area (Å²) >= 11 is 12.3. The van der Waals surface area contributed by atoms with Crippen molar-refractivity contribution in [1.82, 2.24) is 15.1 Å². The van der Waals surface area contributed by atoms with Gasteiger partial charge in [0, 0.05) is 34.4 Å². The van der Waals surface area contributed by atoms with Crippen LogP contribution in [0.4, 0.5) is 10.6 Å². The molecule has 0 saturated carbocycles. The standard InChI is InChI=1S/C15H18Cl2N4O/c1-2-3-8-18-15(22)19-14-7-9-21(20-14)10-11-12(16)5-4-6-13(11)17/h4-7,9H,2-3,8,10H2,1H3,(H2,18,19,20,22). The Labute approximate surface area is 139 Å². The van der Waals surface area contributed by atoms with Crippen molar-refractivity contribution >= 4 is 35.1 Å². The number of halogens is 2. The highest BCUT2D eigenvalue weighted by atomic mass is 35.5. The highest BCUT2D eigenvalue weighted by Crippen LogP contribution is 2.25. The van der Waals surface area contributed by atoms with Gasteiger partial charge in [-0.15, -0.1) is 0 Å². The van der Waals surface area contributed by atoms with E-state index in [1.807, 2.05) is 0 Å². The van der Waals surface area contributed by atoms with E-state index in [-0.39, 0.29) is 6.03 Å². The maximum atomic E-state index is 11.6. The smallest absolute Gasteiger partial charge is 0.320 e. The summed E-state index contributed by atoms with van der Waals surface area (Å²) in [5, 5.41) is 10.9. The Morgan fingerprint density at radius 2 is 2.00 bits per heavy atom. The van der Waals surface area contributed by atoms with Crippen LogP contribution in [0.3, 0.4) is 0 Å². The van der Waals surface area contributed by atoms with Gasteiger partial charge >= 0.3 is 6.03 Å². The number of carbonyl (C=O) groups is 1. The van der Waals surface area contributed by atoms with E-state index in [2.05, 4.69) is 22.7 Å². The minimum Gasteiger partial charge on any atom is -0.338 e.